The lowest BCUT2D eigenvalue weighted by Gasteiger charge is -2.17. The van der Waals surface area contributed by atoms with Gasteiger partial charge in [-0.3, -0.25) is 9.59 Å². The average Bonchev–Trinajstić information content (AvgIpc) is 3.21. The largest absolute Gasteiger partial charge is 0.454 e. The summed E-state index contributed by atoms with van der Waals surface area (Å²) in [4.78, 5) is 26.1. The van der Waals surface area contributed by atoms with Crippen molar-refractivity contribution in [2.75, 3.05) is 18.2 Å². The molecule has 6 nitrogen and oxygen atoms in total. The standard InChI is InChI=1S/C18H15FN2O4/c19-12-2-4-14(5-3-12)21-9-13(8-17(21)22)20-18(23)11-1-6-15-16(7-11)25-10-24-15/h1-7,13H,8-10H2,(H,20,23)/t13-/m1/s1. The Labute approximate surface area is 143 Å². The quantitative estimate of drug-likeness (QED) is 0.927. The van der Waals surface area contributed by atoms with Gasteiger partial charge in [-0.25, -0.2) is 4.39 Å². The van der Waals surface area contributed by atoms with Crippen molar-refractivity contribution in [2.24, 2.45) is 0 Å². The highest BCUT2D eigenvalue weighted by atomic mass is 19.1. The number of carbonyl (C=O) groups is 2. The summed E-state index contributed by atoms with van der Waals surface area (Å²) in [7, 11) is 0. The second kappa shape index (κ2) is 6.08. The van der Waals surface area contributed by atoms with E-state index in [1.54, 1.807) is 35.2 Å². The van der Waals surface area contributed by atoms with E-state index in [0.29, 0.717) is 29.3 Å². The van der Waals surface area contributed by atoms with Crippen LogP contribution in [0.5, 0.6) is 11.5 Å². The molecule has 0 radical (unpaired) electrons. The second-order valence-electron chi connectivity index (χ2n) is 5.92. The molecule has 2 aromatic carbocycles. The Morgan fingerprint density at radius 2 is 1.88 bits per heavy atom. The smallest absolute Gasteiger partial charge is 0.251 e. The molecule has 1 N–H and O–H groups in total. The van der Waals surface area contributed by atoms with E-state index in [1.807, 2.05) is 0 Å². The van der Waals surface area contributed by atoms with Gasteiger partial charge in [0.2, 0.25) is 12.7 Å². The first-order valence-corrected chi connectivity index (χ1v) is 7.86. The molecule has 128 valence electrons. The van der Waals surface area contributed by atoms with E-state index in [1.165, 1.54) is 12.1 Å². The SMILES string of the molecule is O=C(N[C@@H]1CC(=O)N(c2ccc(F)cc2)C1)c1ccc2c(c1)OCO2. The number of ether oxygens (including phenoxy) is 2. The summed E-state index contributed by atoms with van der Waals surface area (Å²) in [5, 5.41) is 2.86. The molecular formula is C18H15FN2O4. The molecular weight excluding hydrogens is 327 g/mol. The number of hydrogen-bond donors (Lipinski definition) is 1. The Morgan fingerprint density at radius 1 is 1.12 bits per heavy atom. The van der Waals surface area contributed by atoms with Crippen LogP contribution in [0.15, 0.2) is 42.5 Å². The number of nitrogens with zero attached hydrogens (tertiary/aromatic N) is 1. The molecule has 2 aliphatic rings. The van der Waals surface area contributed by atoms with E-state index in [0.717, 1.165) is 0 Å². The molecule has 2 aromatic rings. The Kier molecular flexibility index (Phi) is 3.76. The van der Waals surface area contributed by atoms with Crippen molar-refractivity contribution in [1.82, 2.24) is 5.32 Å². The van der Waals surface area contributed by atoms with Crippen LogP contribution in [0.3, 0.4) is 0 Å². The highest BCUT2D eigenvalue weighted by Gasteiger charge is 2.32. The van der Waals surface area contributed by atoms with Gasteiger partial charge in [-0.15, -0.1) is 0 Å². The molecule has 2 aliphatic heterocycles. The number of rotatable bonds is 3. The lowest BCUT2D eigenvalue weighted by molar-refractivity contribution is -0.117. The lowest BCUT2D eigenvalue weighted by atomic mass is 10.1. The van der Waals surface area contributed by atoms with Gasteiger partial charge < -0.3 is 19.7 Å². The van der Waals surface area contributed by atoms with Gasteiger partial charge in [0, 0.05) is 24.2 Å². The van der Waals surface area contributed by atoms with E-state index >= 15 is 0 Å². The van der Waals surface area contributed by atoms with Gasteiger partial charge >= 0.3 is 0 Å². The van der Waals surface area contributed by atoms with E-state index < -0.39 is 0 Å². The fraction of sp³-hybridized carbons (Fsp3) is 0.222. The Morgan fingerprint density at radius 3 is 2.68 bits per heavy atom. The Bertz CT molecular complexity index is 837. The first-order chi connectivity index (χ1) is 12.1. The molecule has 2 amide bonds. The molecule has 2 heterocycles. The topological polar surface area (TPSA) is 67.9 Å². The fourth-order valence-corrected chi connectivity index (χ4v) is 2.98. The molecule has 25 heavy (non-hydrogen) atoms. The number of benzene rings is 2. The van der Waals surface area contributed by atoms with Crippen LogP contribution in [-0.4, -0.2) is 31.2 Å². The molecule has 7 heteroatoms. The van der Waals surface area contributed by atoms with Crippen molar-refractivity contribution >= 4 is 17.5 Å². The average molecular weight is 342 g/mol. The zero-order valence-corrected chi connectivity index (χ0v) is 13.2. The van der Waals surface area contributed by atoms with Crippen molar-refractivity contribution in [3.8, 4) is 11.5 Å². The van der Waals surface area contributed by atoms with Crippen molar-refractivity contribution in [2.45, 2.75) is 12.5 Å². The molecule has 0 bridgehead atoms. The molecule has 1 fully saturated rings. The van der Waals surface area contributed by atoms with Crippen LogP contribution in [0.1, 0.15) is 16.8 Å². The van der Waals surface area contributed by atoms with Crippen molar-refractivity contribution in [3.05, 3.63) is 53.8 Å². The maximum atomic E-state index is 13.0. The minimum absolute atomic E-state index is 0.109. The molecule has 0 aliphatic carbocycles. The third-order valence-corrected chi connectivity index (χ3v) is 4.23. The monoisotopic (exact) mass is 342 g/mol. The number of hydrogen-bond acceptors (Lipinski definition) is 4. The van der Waals surface area contributed by atoms with E-state index in [-0.39, 0.29) is 36.9 Å². The summed E-state index contributed by atoms with van der Waals surface area (Å²) < 4.78 is 23.5. The van der Waals surface area contributed by atoms with Crippen molar-refractivity contribution in [1.29, 1.82) is 0 Å². The maximum Gasteiger partial charge on any atom is 0.251 e. The zero-order chi connectivity index (χ0) is 17.4. The minimum Gasteiger partial charge on any atom is -0.454 e. The summed E-state index contributed by atoms with van der Waals surface area (Å²) in [6.45, 7) is 0.491. The number of amides is 2. The summed E-state index contributed by atoms with van der Waals surface area (Å²) in [6.07, 6.45) is 0.202. The molecule has 4 rings (SSSR count). The highest BCUT2D eigenvalue weighted by molar-refractivity contribution is 5.99. The van der Waals surface area contributed by atoms with Crippen LogP contribution < -0.4 is 19.7 Å². The highest BCUT2D eigenvalue weighted by Crippen LogP contribution is 2.32. The number of anilines is 1. The summed E-state index contributed by atoms with van der Waals surface area (Å²) in [5.41, 5.74) is 1.06. The number of fused-ring (bicyclic) bond motifs is 1. The first kappa shape index (κ1) is 15.4. The first-order valence-electron chi connectivity index (χ1n) is 7.86. The van der Waals surface area contributed by atoms with Crippen LogP contribution >= 0.6 is 0 Å². The maximum absolute atomic E-state index is 13.0. The second-order valence-corrected chi connectivity index (χ2v) is 5.92. The van der Waals surface area contributed by atoms with Gasteiger partial charge in [-0.2, -0.15) is 0 Å². The third-order valence-electron chi connectivity index (χ3n) is 4.23. The predicted octanol–water partition coefficient (Wildman–Crippen LogP) is 2.09. The van der Waals surface area contributed by atoms with Gasteiger partial charge in [0.15, 0.2) is 11.5 Å². The fourth-order valence-electron chi connectivity index (χ4n) is 2.98. The Hall–Kier alpha value is -3.09. The number of carbonyl (C=O) groups excluding carboxylic acids is 2. The van der Waals surface area contributed by atoms with Gasteiger partial charge in [0.25, 0.3) is 5.91 Å². The van der Waals surface area contributed by atoms with Crippen LogP contribution in [-0.2, 0) is 4.79 Å². The molecule has 0 saturated carbocycles. The summed E-state index contributed by atoms with van der Waals surface area (Å²) >= 11 is 0. The van der Waals surface area contributed by atoms with E-state index in [4.69, 9.17) is 9.47 Å². The lowest BCUT2D eigenvalue weighted by Crippen LogP contribution is -2.37. The Balaban J connectivity index is 1.44. The van der Waals surface area contributed by atoms with E-state index in [9.17, 15) is 14.0 Å². The third kappa shape index (κ3) is 3.00. The summed E-state index contributed by atoms with van der Waals surface area (Å²) in [6, 6.07) is 10.4. The number of nitrogens with one attached hydrogen (secondary N) is 1. The van der Waals surface area contributed by atoms with Crippen molar-refractivity contribution in [3.63, 3.8) is 0 Å². The molecule has 1 saturated heterocycles. The minimum atomic E-state index is -0.358. The van der Waals surface area contributed by atoms with Crippen LogP contribution in [0.2, 0.25) is 0 Å². The van der Waals surface area contributed by atoms with Crippen LogP contribution in [0.25, 0.3) is 0 Å². The number of halogens is 1. The van der Waals surface area contributed by atoms with Gasteiger partial charge in [-0.1, -0.05) is 0 Å². The van der Waals surface area contributed by atoms with Gasteiger partial charge in [0.1, 0.15) is 5.82 Å². The van der Waals surface area contributed by atoms with E-state index in [2.05, 4.69) is 5.32 Å². The van der Waals surface area contributed by atoms with Crippen LogP contribution in [0.4, 0.5) is 10.1 Å². The molecule has 0 spiro atoms. The molecule has 0 aromatic heterocycles. The van der Waals surface area contributed by atoms with Crippen LogP contribution in [0, 0.1) is 5.82 Å². The zero-order valence-electron chi connectivity index (χ0n) is 13.2. The predicted molar refractivity (Wildman–Crippen MR) is 87.2 cm³/mol. The molecule has 0 unspecified atom stereocenters. The van der Waals surface area contributed by atoms with Gasteiger partial charge in [0.05, 0.1) is 6.04 Å². The molecule has 1 atom stereocenters. The normalized spacial score (nSPS) is 18.5. The van der Waals surface area contributed by atoms with Gasteiger partial charge in [-0.05, 0) is 42.5 Å². The summed E-state index contributed by atoms with van der Waals surface area (Å²) in [5.74, 6) is 0.390. The van der Waals surface area contributed by atoms with Crippen molar-refractivity contribution < 1.29 is 23.5 Å².